The monoisotopic (exact) mass is 362 g/mol. The van der Waals surface area contributed by atoms with Crippen LogP contribution in [-0.4, -0.2) is 35.0 Å². The number of esters is 1. The predicted molar refractivity (Wildman–Crippen MR) is 99.2 cm³/mol. The summed E-state index contributed by atoms with van der Waals surface area (Å²) in [5.41, 5.74) is -0.366. The zero-order valence-electron chi connectivity index (χ0n) is 16.6. The van der Waals surface area contributed by atoms with Crippen molar-refractivity contribution in [1.82, 2.24) is 0 Å². The Balaban J connectivity index is 1.79. The van der Waals surface area contributed by atoms with Gasteiger partial charge in [0.2, 0.25) is 0 Å². The molecule has 0 amide bonds. The summed E-state index contributed by atoms with van der Waals surface area (Å²) in [6.45, 7) is 8.57. The molecular formula is C22H34O4. The zero-order chi connectivity index (χ0) is 19.0. The minimum absolute atomic E-state index is 0.0121. The first-order valence-electron chi connectivity index (χ1n) is 10.3. The Morgan fingerprint density at radius 1 is 1.15 bits per heavy atom. The van der Waals surface area contributed by atoms with Crippen LogP contribution in [0.25, 0.3) is 0 Å². The third kappa shape index (κ3) is 2.24. The van der Waals surface area contributed by atoms with Gasteiger partial charge in [-0.15, -0.1) is 0 Å². The van der Waals surface area contributed by atoms with E-state index in [1.165, 1.54) is 6.92 Å². The van der Waals surface area contributed by atoms with Crippen LogP contribution >= 0.6 is 0 Å². The number of aliphatic hydroxyl groups is 2. The number of allylic oxidation sites excluding steroid dienone is 1. The molecule has 0 aromatic heterocycles. The molecule has 1 spiro atoms. The number of aliphatic hydroxyl groups excluding tert-OH is 2. The number of fused-ring (bicyclic) bond motifs is 3. The van der Waals surface area contributed by atoms with Gasteiger partial charge in [0.1, 0.15) is 6.10 Å². The standard InChI is InChI=1S/C22H34O4/c1-14(24)26-18-6-7-19(2,3)15-5-8-21-9-10-22(12-21,13-23)17(25)11-16(21)20(15,18)4/h9-10,15-18,23,25H,5-8,11-13H2,1-4H3/t15-,16+,17-,18+,20-,21+,22-/m1/s1. The van der Waals surface area contributed by atoms with Crippen LogP contribution in [0.3, 0.4) is 0 Å². The number of carbonyl (C=O) groups excluding carboxylic acids is 1. The van der Waals surface area contributed by atoms with Gasteiger partial charge in [0.15, 0.2) is 0 Å². The smallest absolute Gasteiger partial charge is 0.302 e. The Kier molecular flexibility index (Phi) is 3.96. The fourth-order valence-corrected chi connectivity index (χ4v) is 7.68. The van der Waals surface area contributed by atoms with Crippen molar-refractivity contribution in [2.24, 2.45) is 33.5 Å². The number of carbonyl (C=O) groups is 1. The molecule has 3 fully saturated rings. The molecule has 0 aromatic carbocycles. The van der Waals surface area contributed by atoms with E-state index in [2.05, 4.69) is 32.9 Å². The lowest BCUT2D eigenvalue weighted by atomic mass is 9.39. The molecule has 0 unspecified atom stereocenters. The lowest BCUT2D eigenvalue weighted by Crippen LogP contribution is -2.64. The number of rotatable bonds is 2. The van der Waals surface area contributed by atoms with Crippen molar-refractivity contribution in [3.63, 3.8) is 0 Å². The molecule has 4 aliphatic carbocycles. The molecule has 4 nitrogen and oxygen atoms in total. The van der Waals surface area contributed by atoms with Crippen LogP contribution in [0, 0.1) is 33.5 Å². The predicted octanol–water partition coefficient (Wildman–Crippen LogP) is 3.46. The number of hydrogen-bond acceptors (Lipinski definition) is 4. The van der Waals surface area contributed by atoms with E-state index in [-0.39, 0.29) is 40.8 Å². The Hall–Kier alpha value is -0.870. The number of hydrogen-bond donors (Lipinski definition) is 2. The van der Waals surface area contributed by atoms with E-state index in [1.54, 1.807) is 0 Å². The first-order valence-corrected chi connectivity index (χ1v) is 10.3. The summed E-state index contributed by atoms with van der Waals surface area (Å²) in [6.07, 6.45) is 9.52. The minimum atomic E-state index is -0.525. The van der Waals surface area contributed by atoms with E-state index < -0.39 is 11.5 Å². The molecule has 4 heteroatoms. The maximum absolute atomic E-state index is 11.9. The van der Waals surface area contributed by atoms with Gasteiger partial charge >= 0.3 is 5.97 Å². The highest BCUT2D eigenvalue weighted by molar-refractivity contribution is 5.66. The van der Waals surface area contributed by atoms with E-state index in [0.29, 0.717) is 12.3 Å². The summed E-state index contributed by atoms with van der Waals surface area (Å²) in [4.78, 5) is 11.9. The average molecular weight is 363 g/mol. The topological polar surface area (TPSA) is 66.8 Å². The molecule has 146 valence electrons. The van der Waals surface area contributed by atoms with E-state index in [4.69, 9.17) is 4.74 Å². The molecule has 26 heavy (non-hydrogen) atoms. The molecule has 7 atom stereocenters. The molecule has 4 rings (SSSR count). The van der Waals surface area contributed by atoms with E-state index >= 15 is 0 Å². The lowest BCUT2D eigenvalue weighted by Gasteiger charge is -2.66. The van der Waals surface area contributed by atoms with Gasteiger partial charge in [-0.25, -0.2) is 0 Å². The van der Waals surface area contributed by atoms with E-state index in [1.807, 2.05) is 0 Å². The fourth-order valence-electron chi connectivity index (χ4n) is 7.68. The Bertz CT molecular complexity index is 640. The summed E-state index contributed by atoms with van der Waals surface area (Å²) >= 11 is 0. The van der Waals surface area contributed by atoms with E-state index in [0.717, 1.165) is 32.1 Å². The van der Waals surface area contributed by atoms with Gasteiger partial charge in [0.05, 0.1) is 12.7 Å². The van der Waals surface area contributed by atoms with Crippen molar-refractivity contribution in [3.8, 4) is 0 Å². The maximum atomic E-state index is 11.9. The summed E-state index contributed by atoms with van der Waals surface area (Å²) in [7, 11) is 0. The lowest BCUT2D eigenvalue weighted by molar-refractivity contribution is -0.223. The van der Waals surface area contributed by atoms with Crippen molar-refractivity contribution in [2.45, 2.75) is 78.4 Å². The molecule has 3 saturated carbocycles. The molecule has 4 aliphatic rings. The second-order valence-electron chi connectivity index (χ2n) is 10.5. The van der Waals surface area contributed by atoms with Crippen LogP contribution in [-0.2, 0) is 9.53 Å². The molecule has 2 bridgehead atoms. The quantitative estimate of drug-likeness (QED) is 0.583. The maximum Gasteiger partial charge on any atom is 0.302 e. The first kappa shape index (κ1) is 18.5. The second-order valence-corrected chi connectivity index (χ2v) is 10.5. The zero-order valence-corrected chi connectivity index (χ0v) is 16.6. The van der Waals surface area contributed by atoms with Crippen LogP contribution in [0.5, 0.6) is 0 Å². The van der Waals surface area contributed by atoms with Crippen molar-refractivity contribution in [2.75, 3.05) is 6.61 Å². The van der Waals surface area contributed by atoms with Crippen LogP contribution in [0.1, 0.15) is 66.2 Å². The molecule has 0 saturated heterocycles. The van der Waals surface area contributed by atoms with Gasteiger partial charge in [0, 0.05) is 17.8 Å². The van der Waals surface area contributed by atoms with Crippen LogP contribution < -0.4 is 0 Å². The van der Waals surface area contributed by atoms with Crippen LogP contribution in [0.2, 0.25) is 0 Å². The largest absolute Gasteiger partial charge is 0.462 e. The average Bonchev–Trinajstić information content (AvgIpc) is 2.89. The summed E-state index contributed by atoms with van der Waals surface area (Å²) in [5, 5.41) is 21.0. The summed E-state index contributed by atoms with van der Waals surface area (Å²) in [6, 6.07) is 0. The molecule has 2 N–H and O–H groups in total. The Labute approximate surface area is 157 Å². The van der Waals surface area contributed by atoms with Crippen molar-refractivity contribution in [1.29, 1.82) is 0 Å². The fraction of sp³-hybridized carbons (Fsp3) is 0.864. The molecule has 0 aliphatic heterocycles. The van der Waals surface area contributed by atoms with Gasteiger partial charge in [-0.3, -0.25) is 4.79 Å². The first-order chi connectivity index (χ1) is 12.1. The highest BCUT2D eigenvalue weighted by atomic mass is 16.5. The minimum Gasteiger partial charge on any atom is -0.462 e. The van der Waals surface area contributed by atoms with Crippen molar-refractivity contribution >= 4 is 5.97 Å². The summed E-state index contributed by atoms with van der Waals surface area (Å²) < 4.78 is 5.90. The molecule has 0 radical (unpaired) electrons. The third-order valence-electron chi connectivity index (χ3n) is 8.91. The number of ether oxygens (including phenoxy) is 1. The Morgan fingerprint density at radius 2 is 1.88 bits per heavy atom. The highest BCUT2D eigenvalue weighted by Gasteiger charge is 2.68. The SMILES string of the molecule is CC(=O)O[C@H]1CCC(C)(C)[C@H]2CC[C@]34C=C[C@](CO)(C3)[C@H](O)C[C@H]4[C@]12C. The van der Waals surface area contributed by atoms with Gasteiger partial charge < -0.3 is 14.9 Å². The van der Waals surface area contributed by atoms with Crippen molar-refractivity contribution in [3.05, 3.63) is 12.2 Å². The van der Waals surface area contributed by atoms with Gasteiger partial charge in [0.25, 0.3) is 0 Å². The Morgan fingerprint density at radius 3 is 2.54 bits per heavy atom. The molecule has 0 aromatic rings. The van der Waals surface area contributed by atoms with Gasteiger partial charge in [-0.2, -0.15) is 0 Å². The summed E-state index contributed by atoms with van der Waals surface area (Å²) in [5.74, 6) is 0.565. The van der Waals surface area contributed by atoms with E-state index in [9.17, 15) is 15.0 Å². The van der Waals surface area contributed by atoms with Gasteiger partial charge in [-0.05, 0) is 61.2 Å². The molecule has 0 heterocycles. The normalized spacial score (nSPS) is 51.5. The van der Waals surface area contributed by atoms with Crippen LogP contribution in [0.15, 0.2) is 12.2 Å². The second kappa shape index (κ2) is 5.57. The highest BCUT2D eigenvalue weighted by Crippen LogP contribution is 2.72. The van der Waals surface area contributed by atoms with Crippen molar-refractivity contribution < 1.29 is 19.7 Å². The molecular weight excluding hydrogens is 328 g/mol. The third-order valence-corrected chi connectivity index (χ3v) is 8.91. The van der Waals surface area contributed by atoms with Crippen LogP contribution in [0.4, 0.5) is 0 Å². The van der Waals surface area contributed by atoms with Gasteiger partial charge in [-0.1, -0.05) is 32.9 Å².